The number of rotatable bonds is 5. The average molecular weight is 404 g/mol. The zero-order valence-electron chi connectivity index (χ0n) is 17.6. The van der Waals surface area contributed by atoms with Gasteiger partial charge in [0.25, 0.3) is 0 Å². The minimum absolute atomic E-state index is 0.0878. The van der Waals surface area contributed by atoms with Crippen LogP contribution in [-0.2, 0) is 12.0 Å². The summed E-state index contributed by atoms with van der Waals surface area (Å²) in [6.45, 7) is 6.83. The summed E-state index contributed by atoms with van der Waals surface area (Å²) in [6, 6.07) is 13.0. The molecule has 5 rings (SSSR count). The van der Waals surface area contributed by atoms with E-state index in [0.717, 1.165) is 57.3 Å². The summed E-state index contributed by atoms with van der Waals surface area (Å²) in [5.74, 6) is 1.61. The number of benzene rings is 1. The second-order valence-electron chi connectivity index (χ2n) is 8.64. The largest absolute Gasteiger partial charge is 0.369 e. The average Bonchev–Trinajstić information content (AvgIpc) is 3.46. The van der Waals surface area contributed by atoms with E-state index >= 15 is 0 Å². The molecule has 1 aromatic carbocycles. The van der Waals surface area contributed by atoms with Gasteiger partial charge in [-0.3, -0.25) is 9.88 Å². The monoisotopic (exact) mass is 403 g/mol. The number of anilines is 1. The lowest BCUT2D eigenvalue weighted by atomic mass is 9.78. The Kier molecular flexibility index (Phi) is 5.25. The highest BCUT2D eigenvalue weighted by atomic mass is 16.5. The van der Waals surface area contributed by atoms with Crippen molar-refractivity contribution >= 4 is 5.69 Å². The van der Waals surface area contributed by atoms with E-state index in [1.807, 2.05) is 12.4 Å². The van der Waals surface area contributed by atoms with E-state index in [0.29, 0.717) is 0 Å². The molecule has 3 heterocycles. The number of hydrogen-bond donors (Lipinski definition) is 0. The maximum atomic E-state index is 5.74. The summed E-state index contributed by atoms with van der Waals surface area (Å²) < 4.78 is 5.74. The maximum Gasteiger partial charge on any atom is 0.240 e. The number of hydrogen-bond acceptors (Lipinski definition) is 6. The normalized spacial score (nSPS) is 19.3. The summed E-state index contributed by atoms with van der Waals surface area (Å²) in [5, 5.41) is 4.47. The lowest BCUT2D eigenvalue weighted by Gasteiger charge is -2.35. The van der Waals surface area contributed by atoms with Crippen LogP contribution in [0.3, 0.4) is 0 Å². The molecule has 6 nitrogen and oxygen atoms in total. The molecule has 0 bridgehead atoms. The summed E-state index contributed by atoms with van der Waals surface area (Å²) in [7, 11) is 0. The van der Waals surface area contributed by atoms with Crippen molar-refractivity contribution in [1.82, 2.24) is 20.0 Å². The molecule has 0 spiro atoms. The zero-order valence-corrected chi connectivity index (χ0v) is 17.6. The second-order valence-corrected chi connectivity index (χ2v) is 8.64. The SMILES string of the molecule is Cc1ccc(C2(c3noc(CN4CCN(c5ccncc5)CC4)n3)CCCC2)cc1. The quantitative estimate of drug-likeness (QED) is 0.643. The van der Waals surface area contributed by atoms with Gasteiger partial charge in [0.2, 0.25) is 5.89 Å². The van der Waals surface area contributed by atoms with Crippen LogP contribution in [-0.4, -0.2) is 46.2 Å². The first kappa shape index (κ1) is 19.2. The molecule has 1 aliphatic carbocycles. The molecule has 0 radical (unpaired) electrons. The van der Waals surface area contributed by atoms with Crippen LogP contribution in [0.4, 0.5) is 5.69 Å². The maximum absolute atomic E-state index is 5.74. The Morgan fingerprint density at radius 2 is 1.63 bits per heavy atom. The Morgan fingerprint density at radius 1 is 0.933 bits per heavy atom. The Morgan fingerprint density at radius 3 is 2.33 bits per heavy atom. The predicted octanol–water partition coefficient (Wildman–Crippen LogP) is 3.96. The molecule has 156 valence electrons. The van der Waals surface area contributed by atoms with Gasteiger partial charge in [0.05, 0.1) is 12.0 Å². The van der Waals surface area contributed by atoms with E-state index in [9.17, 15) is 0 Å². The Bertz CT molecular complexity index is 955. The van der Waals surface area contributed by atoms with Crippen molar-refractivity contribution in [2.45, 2.75) is 44.6 Å². The zero-order chi connectivity index (χ0) is 20.4. The van der Waals surface area contributed by atoms with Gasteiger partial charge in [-0.25, -0.2) is 0 Å². The Hall–Kier alpha value is -2.73. The third-order valence-electron chi connectivity index (χ3n) is 6.72. The number of aromatic nitrogens is 3. The van der Waals surface area contributed by atoms with E-state index in [-0.39, 0.29) is 5.41 Å². The summed E-state index contributed by atoms with van der Waals surface area (Å²) in [6.07, 6.45) is 8.34. The molecule has 0 unspecified atom stereocenters. The molecule has 0 atom stereocenters. The molecular weight excluding hydrogens is 374 g/mol. The van der Waals surface area contributed by atoms with Crippen LogP contribution in [0.25, 0.3) is 0 Å². The Balaban J connectivity index is 1.27. The lowest BCUT2D eigenvalue weighted by molar-refractivity contribution is 0.215. The molecule has 0 amide bonds. The van der Waals surface area contributed by atoms with Gasteiger partial charge < -0.3 is 9.42 Å². The van der Waals surface area contributed by atoms with Crippen LogP contribution < -0.4 is 4.90 Å². The van der Waals surface area contributed by atoms with Gasteiger partial charge in [0.15, 0.2) is 5.82 Å². The molecule has 0 N–H and O–H groups in total. The molecule has 1 saturated heterocycles. The fraction of sp³-hybridized carbons (Fsp3) is 0.458. The molecular formula is C24H29N5O. The molecule has 2 fully saturated rings. The van der Waals surface area contributed by atoms with Gasteiger partial charge in [-0.2, -0.15) is 4.98 Å². The first-order chi connectivity index (χ1) is 14.7. The van der Waals surface area contributed by atoms with Crippen molar-refractivity contribution < 1.29 is 4.52 Å². The minimum Gasteiger partial charge on any atom is -0.369 e. The van der Waals surface area contributed by atoms with E-state index in [1.165, 1.54) is 29.7 Å². The fourth-order valence-corrected chi connectivity index (χ4v) is 4.92. The Labute approximate surface area is 177 Å². The predicted molar refractivity (Wildman–Crippen MR) is 116 cm³/mol. The first-order valence-electron chi connectivity index (χ1n) is 11.0. The fourth-order valence-electron chi connectivity index (χ4n) is 4.92. The molecule has 1 saturated carbocycles. The summed E-state index contributed by atoms with van der Waals surface area (Å²) >= 11 is 0. The van der Waals surface area contributed by atoms with Crippen LogP contribution >= 0.6 is 0 Å². The number of aryl methyl sites for hydroxylation is 1. The third kappa shape index (κ3) is 3.72. The standard InChI is InChI=1S/C24H29N5O/c1-19-4-6-20(7-5-19)24(10-2-3-11-24)23-26-22(30-27-23)18-28-14-16-29(17-15-28)21-8-12-25-13-9-21/h4-9,12-13H,2-3,10-11,14-18H2,1H3. The van der Waals surface area contributed by atoms with Gasteiger partial charge in [0, 0.05) is 44.3 Å². The van der Waals surface area contributed by atoms with Crippen LogP contribution in [0.2, 0.25) is 0 Å². The lowest BCUT2D eigenvalue weighted by Crippen LogP contribution is -2.46. The van der Waals surface area contributed by atoms with Crippen LogP contribution in [0.15, 0.2) is 53.3 Å². The third-order valence-corrected chi connectivity index (χ3v) is 6.72. The van der Waals surface area contributed by atoms with Gasteiger partial charge in [-0.15, -0.1) is 0 Å². The van der Waals surface area contributed by atoms with Crippen molar-refractivity contribution in [3.63, 3.8) is 0 Å². The van der Waals surface area contributed by atoms with Gasteiger partial charge in [0.1, 0.15) is 0 Å². The van der Waals surface area contributed by atoms with E-state index in [1.54, 1.807) is 0 Å². The topological polar surface area (TPSA) is 58.3 Å². The van der Waals surface area contributed by atoms with Crippen LogP contribution in [0, 0.1) is 6.92 Å². The highest BCUT2D eigenvalue weighted by Crippen LogP contribution is 2.45. The second kappa shape index (κ2) is 8.19. The van der Waals surface area contributed by atoms with Crippen molar-refractivity contribution in [3.05, 3.63) is 71.6 Å². The number of piperazine rings is 1. The highest BCUT2D eigenvalue weighted by molar-refractivity contribution is 5.45. The van der Waals surface area contributed by atoms with Crippen molar-refractivity contribution in [1.29, 1.82) is 0 Å². The molecule has 2 aromatic heterocycles. The molecule has 3 aromatic rings. The molecule has 6 heteroatoms. The summed E-state index contributed by atoms with van der Waals surface area (Å²) in [5.41, 5.74) is 3.76. The van der Waals surface area contributed by atoms with Crippen LogP contribution in [0.5, 0.6) is 0 Å². The van der Waals surface area contributed by atoms with E-state index in [2.05, 4.69) is 63.3 Å². The van der Waals surface area contributed by atoms with E-state index < -0.39 is 0 Å². The van der Waals surface area contributed by atoms with Crippen molar-refractivity contribution in [3.8, 4) is 0 Å². The van der Waals surface area contributed by atoms with Crippen LogP contribution in [0.1, 0.15) is 48.5 Å². The first-order valence-corrected chi connectivity index (χ1v) is 11.0. The number of nitrogens with zero attached hydrogens (tertiary/aromatic N) is 5. The van der Waals surface area contributed by atoms with Gasteiger partial charge >= 0.3 is 0 Å². The van der Waals surface area contributed by atoms with E-state index in [4.69, 9.17) is 9.51 Å². The molecule has 2 aliphatic rings. The summed E-state index contributed by atoms with van der Waals surface area (Å²) in [4.78, 5) is 13.8. The van der Waals surface area contributed by atoms with Crippen molar-refractivity contribution in [2.75, 3.05) is 31.1 Å². The van der Waals surface area contributed by atoms with Gasteiger partial charge in [-0.1, -0.05) is 47.8 Å². The van der Waals surface area contributed by atoms with Crippen molar-refractivity contribution in [2.24, 2.45) is 0 Å². The smallest absolute Gasteiger partial charge is 0.240 e. The minimum atomic E-state index is -0.0878. The highest BCUT2D eigenvalue weighted by Gasteiger charge is 2.41. The number of pyridine rings is 1. The molecule has 1 aliphatic heterocycles. The molecule has 30 heavy (non-hydrogen) atoms. The van der Waals surface area contributed by atoms with Gasteiger partial charge in [-0.05, 0) is 37.5 Å².